The monoisotopic (exact) mass is 527 g/mol. The Bertz CT molecular complexity index is 1360. The number of fused-ring (bicyclic) bond motifs is 1. The van der Waals surface area contributed by atoms with Crippen LogP contribution < -0.4 is 19.5 Å². The predicted molar refractivity (Wildman–Crippen MR) is 142 cm³/mol. The summed E-state index contributed by atoms with van der Waals surface area (Å²) in [6.45, 7) is 1.05. The van der Waals surface area contributed by atoms with Gasteiger partial charge >= 0.3 is 0 Å². The van der Waals surface area contributed by atoms with Gasteiger partial charge in [-0.15, -0.1) is 0 Å². The number of aryl methyl sites for hydroxylation is 1. The third kappa shape index (κ3) is 5.53. The van der Waals surface area contributed by atoms with Crippen LogP contribution in [0, 0.1) is 0 Å². The molecule has 1 N–H and O–H groups in total. The molecule has 9 heteroatoms. The summed E-state index contributed by atoms with van der Waals surface area (Å²) in [5.41, 5.74) is 3.33. The summed E-state index contributed by atoms with van der Waals surface area (Å²) in [7, 11) is 4.55. The molecule has 0 fully saturated rings. The van der Waals surface area contributed by atoms with Gasteiger partial charge in [-0.1, -0.05) is 41.4 Å². The summed E-state index contributed by atoms with van der Waals surface area (Å²) in [5.74, 6) is 1.99. The Labute approximate surface area is 219 Å². The molecule has 4 aromatic rings. The van der Waals surface area contributed by atoms with E-state index in [4.69, 9.17) is 42.4 Å². The van der Waals surface area contributed by atoms with Gasteiger partial charge in [0.25, 0.3) is 5.91 Å². The second-order valence-corrected chi connectivity index (χ2v) is 8.96. The number of aromatic nitrogens is 2. The number of nitrogens with zero attached hydrogens (tertiary/aromatic N) is 2. The van der Waals surface area contributed by atoms with Crippen molar-refractivity contribution in [3.05, 3.63) is 81.6 Å². The molecule has 0 atom stereocenters. The summed E-state index contributed by atoms with van der Waals surface area (Å²) in [6.07, 6.45) is 1.38. The van der Waals surface area contributed by atoms with E-state index in [1.165, 1.54) is 21.3 Å². The number of ether oxygens (including phenoxy) is 3. The lowest BCUT2D eigenvalue weighted by atomic mass is 10.1. The zero-order valence-corrected chi connectivity index (χ0v) is 21.8. The number of methoxy groups -OCH3 is 3. The van der Waals surface area contributed by atoms with Crippen molar-refractivity contribution in [1.29, 1.82) is 0 Å². The number of carbonyl (C=O) groups is 1. The second kappa shape index (κ2) is 11.5. The van der Waals surface area contributed by atoms with Gasteiger partial charge in [0.05, 0.1) is 38.9 Å². The minimum atomic E-state index is -0.226. The van der Waals surface area contributed by atoms with Crippen LogP contribution in [0.4, 0.5) is 0 Å². The summed E-state index contributed by atoms with van der Waals surface area (Å²) >= 11 is 12.5. The third-order valence-corrected chi connectivity index (χ3v) is 6.45. The Balaban J connectivity index is 1.46. The SMILES string of the molecule is COc1cc(C(=O)NCCCc2nc3ccccc3n2Cc2ccc(Cl)cc2Cl)cc(OC)c1OC. The zero-order valence-electron chi connectivity index (χ0n) is 20.3. The van der Waals surface area contributed by atoms with Crippen molar-refractivity contribution in [3.8, 4) is 17.2 Å². The molecule has 1 heterocycles. The number of imidazole rings is 1. The molecule has 3 aromatic carbocycles. The van der Waals surface area contributed by atoms with Gasteiger partial charge in [-0.2, -0.15) is 0 Å². The summed E-state index contributed by atoms with van der Waals surface area (Å²) in [5, 5.41) is 4.18. The van der Waals surface area contributed by atoms with Gasteiger partial charge in [-0.05, 0) is 48.4 Å². The molecule has 1 aromatic heterocycles. The van der Waals surface area contributed by atoms with E-state index >= 15 is 0 Å². The predicted octanol–water partition coefficient (Wildman–Crippen LogP) is 5.78. The lowest BCUT2D eigenvalue weighted by Gasteiger charge is -2.14. The van der Waals surface area contributed by atoms with Crippen molar-refractivity contribution >= 4 is 40.1 Å². The first kappa shape index (κ1) is 25.7. The third-order valence-electron chi connectivity index (χ3n) is 5.87. The van der Waals surface area contributed by atoms with E-state index in [2.05, 4.69) is 9.88 Å². The number of para-hydroxylation sites is 2. The fourth-order valence-electron chi connectivity index (χ4n) is 4.08. The smallest absolute Gasteiger partial charge is 0.251 e. The maximum Gasteiger partial charge on any atom is 0.251 e. The fraction of sp³-hybridized carbons (Fsp3) is 0.259. The Hall–Kier alpha value is -3.42. The lowest BCUT2D eigenvalue weighted by Crippen LogP contribution is -2.25. The second-order valence-electron chi connectivity index (χ2n) is 8.11. The fourth-order valence-corrected chi connectivity index (χ4v) is 4.54. The van der Waals surface area contributed by atoms with Crippen molar-refractivity contribution in [1.82, 2.24) is 14.9 Å². The van der Waals surface area contributed by atoms with Crippen LogP contribution in [0.25, 0.3) is 11.0 Å². The lowest BCUT2D eigenvalue weighted by molar-refractivity contribution is 0.0952. The molecule has 1 amide bonds. The van der Waals surface area contributed by atoms with Gasteiger partial charge < -0.3 is 24.1 Å². The highest BCUT2D eigenvalue weighted by molar-refractivity contribution is 6.35. The van der Waals surface area contributed by atoms with E-state index in [9.17, 15) is 4.79 Å². The van der Waals surface area contributed by atoms with Crippen molar-refractivity contribution in [2.45, 2.75) is 19.4 Å². The molecular weight excluding hydrogens is 501 g/mol. The number of nitrogens with one attached hydrogen (secondary N) is 1. The van der Waals surface area contributed by atoms with Crippen LogP contribution in [0.5, 0.6) is 17.2 Å². The van der Waals surface area contributed by atoms with Crippen LogP contribution in [-0.2, 0) is 13.0 Å². The normalized spacial score (nSPS) is 10.9. The highest BCUT2D eigenvalue weighted by Crippen LogP contribution is 2.38. The molecule has 0 bridgehead atoms. The van der Waals surface area contributed by atoms with Gasteiger partial charge in [0.15, 0.2) is 11.5 Å². The molecule has 0 aliphatic carbocycles. The number of rotatable bonds is 10. The van der Waals surface area contributed by atoms with Gasteiger partial charge in [0.2, 0.25) is 5.75 Å². The van der Waals surface area contributed by atoms with Crippen molar-refractivity contribution in [3.63, 3.8) is 0 Å². The standard InChI is InChI=1S/C27H27Cl2N3O4/c1-34-23-13-18(14-24(35-2)26(23)36-3)27(33)30-12-6-9-25-31-21-7-4-5-8-22(21)32(25)16-17-10-11-19(28)15-20(17)29/h4-5,7-8,10-11,13-15H,6,9,12,16H2,1-3H3,(H,30,33). The van der Waals surface area contributed by atoms with Crippen LogP contribution in [0.1, 0.15) is 28.2 Å². The quantitative estimate of drug-likeness (QED) is 0.264. The topological polar surface area (TPSA) is 74.6 Å². The first-order valence-corrected chi connectivity index (χ1v) is 12.2. The molecule has 0 saturated heterocycles. The van der Waals surface area contributed by atoms with Crippen molar-refractivity contribution in [2.75, 3.05) is 27.9 Å². The van der Waals surface area contributed by atoms with Crippen LogP contribution in [0.2, 0.25) is 10.0 Å². The maximum atomic E-state index is 12.8. The Morgan fingerprint density at radius 1 is 0.972 bits per heavy atom. The van der Waals surface area contributed by atoms with Gasteiger partial charge in [-0.25, -0.2) is 4.98 Å². The van der Waals surface area contributed by atoms with Crippen LogP contribution in [-0.4, -0.2) is 43.3 Å². The number of benzene rings is 3. The highest BCUT2D eigenvalue weighted by Gasteiger charge is 2.17. The minimum absolute atomic E-state index is 0.226. The summed E-state index contributed by atoms with van der Waals surface area (Å²) in [6, 6.07) is 16.8. The van der Waals surface area contributed by atoms with E-state index in [-0.39, 0.29) is 5.91 Å². The van der Waals surface area contributed by atoms with Crippen molar-refractivity contribution < 1.29 is 19.0 Å². The van der Waals surface area contributed by atoms with E-state index in [0.717, 1.165) is 22.4 Å². The summed E-state index contributed by atoms with van der Waals surface area (Å²) < 4.78 is 18.2. The number of hydrogen-bond donors (Lipinski definition) is 1. The van der Waals surface area contributed by atoms with E-state index in [1.807, 2.05) is 36.4 Å². The number of amides is 1. The number of halogens is 2. The maximum absolute atomic E-state index is 12.8. The molecule has 0 saturated carbocycles. The summed E-state index contributed by atoms with van der Waals surface area (Å²) in [4.78, 5) is 17.6. The van der Waals surface area contributed by atoms with Gasteiger partial charge in [-0.3, -0.25) is 4.79 Å². The van der Waals surface area contributed by atoms with Crippen LogP contribution in [0.15, 0.2) is 54.6 Å². The van der Waals surface area contributed by atoms with E-state index < -0.39 is 0 Å². The molecule has 0 aliphatic rings. The van der Waals surface area contributed by atoms with Crippen molar-refractivity contribution in [2.24, 2.45) is 0 Å². The number of carbonyl (C=O) groups excluding carboxylic acids is 1. The Morgan fingerprint density at radius 2 is 1.69 bits per heavy atom. The first-order chi connectivity index (χ1) is 17.4. The molecule has 188 valence electrons. The average molecular weight is 528 g/mol. The van der Waals surface area contributed by atoms with Crippen LogP contribution >= 0.6 is 23.2 Å². The van der Waals surface area contributed by atoms with Crippen LogP contribution in [0.3, 0.4) is 0 Å². The Kier molecular flexibility index (Phi) is 8.23. The zero-order chi connectivity index (χ0) is 25.7. The minimum Gasteiger partial charge on any atom is -0.493 e. The number of hydrogen-bond acceptors (Lipinski definition) is 5. The average Bonchev–Trinajstić information content (AvgIpc) is 3.24. The molecule has 4 rings (SSSR count). The molecule has 0 spiro atoms. The molecule has 0 unspecified atom stereocenters. The van der Waals surface area contributed by atoms with Gasteiger partial charge in [0.1, 0.15) is 5.82 Å². The van der Waals surface area contributed by atoms with E-state index in [0.29, 0.717) is 58.8 Å². The Morgan fingerprint density at radius 3 is 2.36 bits per heavy atom. The molecular formula is C27H27Cl2N3O4. The van der Waals surface area contributed by atoms with E-state index in [1.54, 1.807) is 18.2 Å². The molecule has 0 aliphatic heterocycles. The molecule has 0 radical (unpaired) electrons. The first-order valence-electron chi connectivity index (χ1n) is 11.4. The highest BCUT2D eigenvalue weighted by atomic mass is 35.5. The molecule has 7 nitrogen and oxygen atoms in total. The largest absolute Gasteiger partial charge is 0.493 e. The van der Waals surface area contributed by atoms with Gasteiger partial charge in [0, 0.05) is 28.6 Å². The molecule has 36 heavy (non-hydrogen) atoms.